The highest BCUT2D eigenvalue weighted by Crippen LogP contribution is 2.44. The molecule has 0 bridgehead atoms. The molecule has 1 amide bonds. The van der Waals surface area contributed by atoms with E-state index in [1.807, 2.05) is 24.3 Å². The van der Waals surface area contributed by atoms with Gasteiger partial charge in [-0.3, -0.25) is 5.32 Å². The first kappa shape index (κ1) is 17.3. The van der Waals surface area contributed by atoms with Gasteiger partial charge in [0.25, 0.3) is 0 Å². The molecule has 1 aliphatic carbocycles. The molecule has 0 aromatic heterocycles. The molecule has 1 atom stereocenters. The van der Waals surface area contributed by atoms with Gasteiger partial charge in [-0.15, -0.1) is 0 Å². The van der Waals surface area contributed by atoms with Crippen LogP contribution < -0.4 is 5.32 Å². The lowest BCUT2D eigenvalue weighted by atomic mass is 9.98. The molecule has 0 spiro atoms. The maximum atomic E-state index is 12.2. The number of fused-ring (bicyclic) bond motifs is 3. The highest BCUT2D eigenvalue weighted by atomic mass is 16.5. The van der Waals surface area contributed by atoms with Crippen LogP contribution in [0.3, 0.4) is 0 Å². The number of carbonyl (C=O) groups is 1. The van der Waals surface area contributed by atoms with Crippen LogP contribution in [-0.4, -0.2) is 17.8 Å². The van der Waals surface area contributed by atoms with Crippen molar-refractivity contribution in [3.8, 4) is 11.1 Å². The van der Waals surface area contributed by atoms with Crippen molar-refractivity contribution in [1.82, 2.24) is 0 Å². The van der Waals surface area contributed by atoms with Gasteiger partial charge in [0.05, 0.1) is 6.10 Å². The maximum absolute atomic E-state index is 12.2. The SMILES string of the molecule is C[C@H](O)c1ccc(NC(=O)OCC2c3ccccc3-c3ccccc32)cc1. The molecular weight excluding hydrogens is 338 g/mol. The Hall–Kier alpha value is -3.11. The molecule has 2 N–H and O–H groups in total. The van der Waals surface area contributed by atoms with Gasteiger partial charge < -0.3 is 9.84 Å². The second kappa shape index (κ2) is 7.25. The topological polar surface area (TPSA) is 58.6 Å². The molecule has 0 aliphatic heterocycles. The van der Waals surface area contributed by atoms with Gasteiger partial charge in [0.15, 0.2) is 0 Å². The summed E-state index contributed by atoms with van der Waals surface area (Å²) in [6.07, 6.45) is -1.02. The van der Waals surface area contributed by atoms with E-state index in [4.69, 9.17) is 4.74 Å². The molecule has 0 unspecified atom stereocenters. The van der Waals surface area contributed by atoms with Gasteiger partial charge in [-0.1, -0.05) is 60.7 Å². The number of anilines is 1. The Morgan fingerprint density at radius 2 is 1.52 bits per heavy atom. The number of hydrogen-bond donors (Lipinski definition) is 2. The zero-order valence-electron chi connectivity index (χ0n) is 15.1. The fraction of sp³-hybridized carbons (Fsp3) is 0.174. The zero-order chi connectivity index (χ0) is 18.8. The van der Waals surface area contributed by atoms with E-state index in [-0.39, 0.29) is 12.5 Å². The Morgan fingerprint density at radius 3 is 2.07 bits per heavy atom. The lowest BCUT2D eigenvalue weighted by Crippen LogP contribution is -2.17. The summed E-state index contributed by atoms with van der Waals surface area (Å²) in [5.41, 5.74) is 6.22. The van der Waals surface area contributed by atoms with Crippen LogP contribution in [-0.2, 0) is 4.74 Å². The Bertz CT molecular complexity index is 918. The van der Waals surface area contributed by atoms with Crippen LogP contribution >= 0.6 is 0 Å². The first-order valence-electron chi connectivity index (χ1n) is 9.03. The largest absolute Gasteiger partial charge is 0.448 e. The van der Waals surface area contributed by atoms with Crippen molar-refractivity contribution in [2.45, 2.75) is 18.9 Å². The molecule has 3 aromatic rings. The summed E-state index contributed by atoms with van der Waals surface area (Å²) in [6.45, 7) is 1.99. The number of benzene rings is 3. The van der Waals surface area contributed by atoms with Crippen LogP contribution in [0.1, 0.15) is 35.6 Å². The molecule has 136 valence electrons. The Kier molecular flexibility index (Phi) is 4.65. The van der Waals surface area contributed by atoms with Crippen LogP contribution in [0.5, 0.6) is 0 Å². The molecule has 4 rings (SSSR count). The summed E-state index contributed by atoms with van der Waals surface area (Å²) in [5.74, 6) is 0.0424. The Balaban J connectivity index is 1.45. The van der Waals surface area contributed by atoms with Gasteiger partial charge in [0.2, 0.25) is 0 Å². The van der Waals surface area contributed by atoms with Gasteiger partial charge in [-0.2, -0.15) is 0 Å². The molecule has 4 nitrogen and oxygen atoms in total. The summed E-state index contributed by atoms with van der Waals surface area (Å²) in [6, 6.07) is 23.6. The van der Waals surface area contributed by atoms with Gasteiger partial charge in [-0.25, -0.2) is 4.79 Å². The van der Waals surface area contributed by atoms with Crippen molar-refractivity contribution in [2.24, 2.45) is 0 Å². The summed E-state index contributed by atoms with van der Waals surface area (Å²) < 4.78 is 5.52. The summed E-state index contributed by atoms with van der Waals surface area (Å²) in [4.78, 5) is 12.2. The van der Waals surface area contributed by atoms with Gasteiger partial charge in [0.1, 0.15) is 6.61 Å². The number of rotatable bonds is 4. The third-order valence-corrected chi connectivity index (χ3v) is 4.98. The highest BCUT2D eigenvalue weighted by molar-refractivity contribution is 5.85. The molecule has 1 aliphatic rings. The predicted octanol–water partition coefficient (Wildman–Crippen LogP) is 5.10. The standard InChI is InChI=1S/C23H21NO3/c1-15(25)16-10-12-17(13-11-16)24-23(26)27-14-22-20-8-4-2-6-18(20)19-7-3-5-9-21(19)22/h2-13,15,22,25H,14H2,1H3,(H,24,26)/t15-/m0/s1. The smallest absolute Gasteiger partial charge is 0.411 e. The molecule has 0 saturated carbocycles. The van der Waals surface area contributed by atoms with Crippen molar-refractivity contribution < 1.29 is 14.6 Å². The predicted molar refractivity (Wildman–Crippen MR) is 106 cm³/mol. The summed E-state index contributed by atoms with van der Waals surface area (Å²) in [5, 5.41) is 12.3. The first-order chi connectivity index (χ1) is 13.1. The van der Waals surface area contributed by atoms with E-state index in [1.54, 1.807) is 31.2 Å². The van der Waals surface area contributed by atoms with E-state index >= 15 is 0 Å². The molecule has 0 fully saturated rings. The summed E-state index contributed by atoms with van der Waals surface area (Å²) in [7, 11) is 0. The normalized spacial score (nSPS) is 13.6. The molecule has 0 radical (unpaired) electrons. The fourth-order valence-corrected chi connectivity index (χ4v) is 3.60. The average molecular weight is 359 g/mol. The maximum Gasteiger partial charge on any atom is 0.411 e. The van der Waals surface area contributed by atoms with E-state index in [1.165, 1.54) is 22.3 Å². The van der Waals surface area contributed by atoms with Gasteiger partial charge in [0, 0.05) is 11.6 Å². The second-order valence-electron chi connectivity index (χ2n) is 6.75. The number of aliphatic hydroxyl groups excluding tert-OH is 1. The molecule has 27 heavy (non-hydrogen) atoms. The fourth-order valence-electron chi connectivity index (χ4n) is 3.60. The average Bonchev–Trinajstić information content (AvgIpc) is 3.01. The minimum absolute atomic E-state index is 0.0424. The van der Waals surface area contributed by atoms with E-state index in [2.05, 4.69) is 29.6 Å². The van der Waals surface area contributed by atoms with Crippen molar-refractivity contribution >= 4 is 11.8 Å². The van der Waals surface area contributed by atoms with E-state index in [0.717, 1.165) is 5.56 Å². The van der Waals surface area contributed by atoms with Crippen LogP contribution in [0, 0.1) is 0 Å². The monoisotopic (exact) mass is 359 g/mol. The zero-order valence-corrected chi connectivity index (χ0v) is 15.1. The number of aliphatic hydroxyl groups is 1. The van der Waals surface area contributed by atoms with Gasteiger partial charge in [-0.05, 0) is 46.9 Å². The Labute approximate surface area is 158 Å². The van der Waals surface area contributed by atoms with Crippen molar-refractivity contribution in [1.29, 1.82) is 0 Å². The lowest BCUT2D eigenvalue weighted by molar-refractivity contribution is 0.158. The third kappa shape index (κ3) is 3.44. The summed E-state index contributed by atoms with van der Waals surface area (Å²) >= 11 is 0. The van der Waals surface area contributed by atoms with Crippen LogP contribution in [0.25, 0.3) is 11.1 Å². The minimum Gasteiger partial charge on any atom is -0.448 e. The van der Waals surface area contributed by atoms with Crippen molar-refractivity contribution in [3.63, 3.8) is 0 Å². The molecule has 0 heterocycles. The van der Waals surface area contributed by atoms with Crippen LogP contribution in [0.2, 0.25) is 0 Å². The van der Waals surface area contributed by atoms with E-state index in [9.17, 15) is 9.90 Å². The number of nitrogens with one attached hydrogen (secondary N) is 1. The minimum atomic E-state index is -0.534. The molecular formula is C23H21NO3. The van der Waals surface area contributed by atoms with Gasteiger partial charge >= 0.3 is 6.09 Å². The number of ether oxygens (including phenoxy) is 1. The van der Waals surface area contributed by atoms with E-state index < -0.39 is 12.2 Å². The second-order valence-corrected chi connectivity index (χ2v) is 6.75. The number of hydrogen-bond acceptors (Lipinski definition) is 3. The first-order valence-corrected chi connectivity index (χ1v) is 9.03. The quantitative estimate of drug-likeness (QED) is 0.681. The number of amides is 1. The van der Waals surface area contributed by atoms with E-state index in [0.29, 0.717) is 5.69 Å². The lowest BCUT2D eigenvalue weighted by Gasteiger charge is -2.15. The van der Waals surface area contributed by atoms with Crippen LogP contribution in [0.15, 0.2) is 72.8 Å². The molecule has 0 saturated heterocycles. The molecule has 3 aromatic carbocycles. The van der Waals surface area contributed by atoms with Crippen molar-refractivity contribution in [3.05, 3.63) is 89.5 Å². The third-order valence-electron chi connectivity index (χ3n) is 4.98. The number of carbonyl (C=O) groups excluding carboxylic acids is 1. The highest BCUT2D eigenvalue weighted by Gasteiger charge is 2.28. The van der Waals surface area contributed by atoms with Crippen LogP contribution in [0.4, 0.5) is 10.5 Å². The molecule has 4 heteroatoms. The Morgan fingerprint density at radius 1 is 0.963 bits per heavy atom. The van der Waals surface area contributed by atoms with Crippen molar-refractivity contribution in [2.75, 3.05) is 11.9 Å².